The third kappa shape index (κ3) is 3.02. The van der Waals surface area contributed by atoms with Gasteiger partial charge in [-0.15, -0.1) is 0 Å². The second-order valence-corrected chi connectivity index (χ2v) is 12.2. The van der Waals surface area contributed by atoms with Gasteiger partial charge in [0.05, 0.1) is 17.8 Å². The van der Waals surface area contributed by atoms with E-state index < -0.39 is 80.6 Å². The number of thioether (sulfide) groups is 1. The molecule has 9 atom stereocenters. The molecule has 0 aliphatic heterocycles. The zero-order chi connectivity index (χ0) is 27.1. The maximum Gasteiger partial charge on any atom is 0.372 e. The number of halogens is 3. The minimum atomic E-state index is -2.35. The van der Waals surface area contributed by atoms with Gasteiger partial charge in [0.15, 0.2) is 11.5 Å². The van der Waals surface area contributed by atoms with Crippen molar-refractivity contribution in [2.45, 2.75) is 63.4 Å². The van der Waals surface area contributed by atoms with Crippen molar-refractivity contribution in [3.8, 4) is 0 Å². The highest BCUT2D eigenvalue weighted by Crippen LogP contribution is 2.74. The van der Waals surface area contributed by atoms with Gasteiger partial charge in [0.25, 0.3) is 0 Å². The van der Waals surface area contributed by atoms with Gasteiger partial charge in [-0.25, -0.2) is 18.0 Å². The first-order chi connectivity index (χ1) is 17.3. The smallest absolute Gasteiger partial charge is 0.372 e. The molecule has 0 bridgehead atoms. The molecule has 0 spiro atoms. The number of hydrogen-bond acceptors (Lipinski definition) is 6. The number of rotatable bonds is 4. The summed E-state index contributed by atoms with van der Waals surface area (Å²) in [5, 5.41) is 20.8. The molecule has 37 heavy (non-hydrogen) atoms. The average molecular weight is 539 g/mol. The van der Waals surface area contributed by atoms with Crippen LogP contribution in [-0.2, 0) is 15.0 Å². The topological polar surface area (TPSA) is 105 Å². The third-order valence-electron chi connectivity index (χ3n) is 10.1. The number of carboxylic acids is 1. The van der Waals surface area contributed by atoms with Gasteiger partial charge in [-0.3, -0.25) is 9.59 Å². The van der Waals surface area contributed by atoms with Crippen LogP contribution in [0.4, 0.5) is 13.2 Å². The summed E-state index contributed by atoms with van der Waals surface area (Å²) in [6.45, 7) is 4.91. The SMILES string of the molecule is C[C@@H]1C[C@H]2[C@@H]3C[C@H](F)C4=CC(=O)C=C[C@]4(C)[C@@]3(F)[C@@H](O)C[C@]2(C)[C@@]1(C(=O)SCF)c1ccoc1C(=O)O. The fourth-order valence-electron chi connectivity index (χ4n) is 8.63. The van der Waals surface area contributed by atoms with Crippen LogP contribution in [0.1, 0.15) is 56.2 Å². The number of alkyl halides is 3. The lowest BCUT2D eigenvalue weighted by atomic mass is 9.43. The number of hydrogen-bond donors (Lipinski definition) is 2. The lowest BCUT2D eigenvalue weighted by Gasteiger charge is -2.63. The minimum absolute atomic E-state index is 0.00855. The molecular formula is C27H29F3O6S. The normalized spacial score (nSPS) is 44.6. The predicted octanol–water partition coefficient (Wildman–Crippen LogP) is 4.97. The standard InChI is InChI=1S/C27H29F3O6S/c1-13-8-16-17-10-19(29)18-9-14(31)4-6-24(18,2)27(17,30)20(32)11-25(16,3)26(13,23(35)37-12-28)15-5-7-36-21(15)22(33)34/h4-7,9,13,16-17,19-20,32H,8,10-12H2,1-3H3,(H,33,34)/t13-,16+,17+,19+,20+,24+,25+,26-,27+/m1/s1. The summed E-state index contributed by atoms with van der Waals surface area (Å²) in [5.41, 5.74) is -6.75. The number of aliphatic hydroxyl groups excluding tert-OH is 1. The maximum atomic E-state index is 17.4. The lowest BCUT2D eigenvalue weighted by molar-refractivity contribution is -0.204. The molecule has 4 aliphatic rings. The maximum absolute atomic E-state index is 17.4. The van der Waals surface area contributed by atoms with Crippen LogP contribution in [0.3, 0.4) is 0 Å². The number of fused-ring (bicyclic) bond motifs is 5. The number of carbonyl (C=O) groups excluding carboxylic acids is 2. The zero-order valence-electron chi connectivity index (χ0n) is 20.7. The van der Waals surface area contributed by atoms with Crippen LogP contribution in [0.2, 0.25) is 0 Å². The molecule has 3 fully saturated rings. The Balaban J connectivity index is 1.73. The summed E-state index contributed by atoms with van der Waals surface area (Å²) < 4.78 is 51.9. The fraction of sp³-hybridized carbons (Fsp3) is 0.593. The Labute approximate surface area is 216 Å². The highest BCUT2D eigenvalue weighted by Gasteiger charge is 2.77. The largest absolute Gasteiger partial charge is 0.475 e. The van der Waals surface area contributed by atoms with E-state index in [1.807, 2.05) is 0 Å². The van der Waals surface area contributed by atoms with Crippen molar-refractivity contribution >= 4 is 28.6 Å². The summed E-state index contributed by atoms with van der Waals surface area (Å²) >= 11 is 0.405. The molecule has 0 unspecified atom stereocenters. The van der Waals surface area contributed by atoms with E-state index in [1.165, 1.54) is 25.1 Å². The van der Waals surface area contributed by atoms with E-state index in [0.717, 1.165) is 12.3 Å². The molecule has 6 nitrogen and oxygen atoms in total. The van der Waals surface area contributed by atoms with Crippen molar-refractivity contribution in [2.75, 3.05) is 6.01 Å². The van der Waals surface area contributed by atoms with Gasteiger partial charge in [-0.2, -0.15) is 0 Å². The van der Waals surface area contributed by atoms with Crippen LogP contribution >= 0.6 is 11.8 Å². The quantitative estimate of drug-likeness (QED) is 0.558. The molecule has 4 aliphatic carbocycles. The first kappa shape index (κ1) is 26.3. The predicted molar refractivity (Wildman–Crippen MR) is 129 cm³/mol. The molecule has 0 aromatic carbocycles. The highest BCUT2D eigenvalue weighted by atomic mass is 32.2. The van der Waals surface area contributed by atoms with Crippen molar-refractivity contribution in [2.24, 2.45) is 28.6 Å². The van der Waals surface area contributed by atoms with E-state index in [1.54, 1.807) is 13.8 Å². The second-order valence-electron chi connectivity index (χ2n) is 11.3. The second kappa shape index (κ2) is 8.33. The summed E-state index contributed by atoms with van der Waals surface area (Å²) in [4.78, 5) is 37.9. The van der Waals surface area contributed by atoms with E-state index in [0.29, 0.717) is 11.8 Å². The molecule has 3 saturated carbocycles. The summed E-state index contributed by atoms with van der Waals surface area (Å²) in [7, 11) is 0. The van der Waals surface area contributed by atoms with Crippen LogP contribution in [0.15, 0.2) is 40.5 Å². The van der Waals surface area contributed by atoms with Crippen LogP contribution in [0.25, 0.3) is 0 Å². The molecule has 0 amide bonds. The Hall–Kier alpha value is -2.33. The number of aromatic carboxylic acids is 1. The number of carboxylic acid groups (broad SMARTS) is 1. The Morgan fingerprint density at radius 2 is 1.95 bits per heavy atom. The first-order valence-corrected chi connectivity index (χ1v) is 13.3. The number of allylic oxidation sites excluding steroid dienone is 4. The Bertz CT molecular complexity index is 1240. The molecule has 0 radical (unpaired) electrons. The van der Waals surface area contributed by atoms with Crippen LogP contribution in [0, 0.1) is 28.6 Å². The van der Waals surface area contributed by atoms with Gasteiger partial charge in [0, 0.05) is 16.9 Å². The monoisotopic (exact) mass is 538 g/mol. The summed E-state index contributed by atoms with van der Waals surface area (Å²) in [5.74, 6) is -4.62. The molecule has 1 aromatic rings. The summed E-state index contributed by atoms with van der Waals surface area (Å²) in [6.07, 6.45) is 1.13. The van der Waals surface area contributed by atoms with E-state index in [-0.39, 0.29) is 30.4 Å². The molecule has 0 saturated heterocycles. The zero-order valence-corrected chi connectivity index (χ0v) is 21.5. The Morgan fingerprint density at radius 1 is 1.24 bits per heavy atom. The van der Waals surface area contributed by atoms with Gasteiger partial charge in [-0.1, -0.05) is 31.7 Å². The fourth-order valence-corrected chi connectivity index (χ4v) is 9.50. The average Bonchev–Trinajstić information content (AvgIpc) is 3.39. The molecule has 5 rings (SSSR count). The Morgan fingerprint density at radius 3 is 2.59 bits per heavy atom. The molecule has 10 heteroatoms. The molecule has 1 heterocycles. The van der Waals surface area contributed by atoms with Crippen LogP contribution in [0.5, 0.6) is 0 Å². The van der Waals surface area contributed by atoms with Crippen molar-refractivity contribution < 1.29 is 42.2 Å². The van der Waals surface area contributed by atoms with E-state index >= 15 is 8.78 Å². The van der Waals surface area contributed by atoms with Crippen molar-refractivity contribution in [3.63, 3.8) is 0 Å². The van der Waals surface area contributed by atoms with Gasteiger partial charge in [0.1, 0.15) is 12.2 Å². The molecule has 1 aromatic heterocycles. The first-order valence-electron chi connectivity index (χ1n) is 12.3. The summed E-state index contributed by atoms with van der Waals surface area (Å²) in [6, 6.07) is 0.329. The third-order valence-corrected chi connectivity index (χ3v) is 10.8. The van der Waals surface area contributed by atoms with Crippen molar-refractivity contribution in [1.82, 2.24) is 0 Å². The van der Waals surface area contributed by atoms with E-state index in [4.69, 9.17) is 4.42 Å². The Kier molecular flexibility index (Phi) is 5.92. The minimum Gasteiger partial charge on any atom is -0.475 e. The molecular weight excluding hydrogens is 509 g/mol. The van der Waals surface area contributed by atoms with Gasteiger partial charge in [-0.05, 0) is 67.2 Å². The van der Waals surface area contributed by atoms with E-state index in [9.17, 15) is 29.0 Å². The lowest BCUT2D eigenvalue weighted by Crippen LogP contribution is -2.69. The van der Waals surface area contributed by atoms with Crippen molar-refractivity contribution in [3.05, 3.63) is 47.5 Å². The van der Waals surface area contributed by atoms with Gasteiger partial charge in [0.2, 0.25) is 10.9 Å². The number of ketones is 1. The molecule has 2 N–H and O–H groups in total. The molecule has 200 valence electrons. The highest BCUT2D eigenvalue weighted by molar-refractivity contribution is 8.13. The van der Waals surface area contributed by atoms with Gasteiger partial charge < -0.3 is 14.6 Å². The van der Waals surface area contributed by atoms with Crippen molar-refractivity contribution in [1.29, 1.82) is 0 Å². The number of carbonyl (C=O) groups is 3. The number of furan rings is 1. The van der Waals surface area contributed by atoms with Crippen LogP contribution < -0.4 is 0 Å². The van der Waals surface area contributed by atoms with Crippen LogP contribution in [-0.4, -0.2) is 51.0 Å². The van der Waals surface area contributed by atoms with Gasteiger partial charge >= 0.3 is 5.97 Å². The van der Waals surface area contributed by atoms with E-state index in [2.05, 4.69) is 0 Å². The number of aliphatic hydroxyl groups is 1.